The van der Waals surface area contributed by atoms with Crippen molar-refractivity contribution in [3.8, 4) is 22.3 Å². The van der Waals surface area contributed by atoms with E-state index in [1.807, 2.05) is 66.7 Å². The number of amidine groups is 1. The van der Waals surface area contributed by atoms with Gasteiger partial charge in [0.15, 0.2) is 0 Å². The van der Waals surface area contributed by atoms with Gasteiger partial charge in [-0.15, -0.1) is 0 Å². The molecule has 0 spiro atoms. The largest absolute Gasteiger partial charge is 0.384 e. The van der Waals surface area contributed by atoms with Crippen LogP contribution in [0.15, 0.2) is 138 Å². The van der Waals surface area contributed by atoms with Crippen LogP contribution in [0.1, 0.15) is 16.7 Å². The average Bonchev–Trinajstić information content (AvgIpc) is 2.95. The van der Waals surface area contributed by atoms with E-state index in [2.05, 4.69) is 89.6 Å². The van der Waals surface area contributed by atoms with E-state index < -0.39 is 0 Å². The second-order valence-electron chi connectivity index (χ2n) is 8.40. The van der Waals surface area contributed by atoms with Crippen molar-refractivity contribution in [3.05, 3.63) is 155 Å². The summed E-state index contributed by atoms with van der Waals surface area (Å²) in [5.74, 6) is 0.121. The quantitative estimate of drug-likeness (QED) is 0.156. The van der Waals surface area contributed by atoms with E-state index in [9.17, 15) is 0 Å². The highest BCUT2D eigenvalue weighted by Gasteiger charge is 2.04. The first-order chi connectivity index (χ1) is 18.0. The monoisotopic (exact) mass is 549 g/mol. The molecule has 4 heteroatoms. The molecule has 0 saturated carbocycles. The summed E-state index contributed by atoms with van der Waals surface area (Å²) in [5, 5.41) is 7.01. The predicted octanol–water partition coefficient (Wildman–Crippen LogP) is 8.21. The minimum Gasteiger partial charge on any atom is -0.384 e. The zero-order valence-corrected chi connectivity index (χ0v) is 22.5. The fourth-order valence-electron chi connectivity index (χ4n) is 3.62. The summed E-state index contributed by atoms with van der Waals surface area (Å²) in [6.45, 7) is 2.77. The molecule has 0 atom stereocenters. The van der Waals surface area contributed by atoms with Crippen LogP contribution in [0.5, 0.6) is 0 Å². The first-order valence-electron chi connectivity index (χ1n) is 12.0. The molecule has 0 unspecified atom stereocenters. The maximum absolute atomic E-state index is 7.01. The topological polar surface area (TPSA) is 75.9 Å². The van der Waals surface area contributed by atoms with Gasteiger partial charge in [-0.05, 0) is 46.9 Å². The van der Waals surface area contributed by atoms with Crippen LogP contribution in [0.4, 0.5) is 0 Å². The van der Waals surface area contributed by atoms with Gasteiger partial charge >= 0.3 is 0 Å². The van der Waals surface area contributed by atoms with E-state index >= 15 is 0 Å². The summed E-state index contributed by atoms with van der Waals surface area (Å²) in [7, 11) is 0. The molecule has 0 fully saturated rings. The molecule has 0 heterocycles. The molecule has 0 aliphatic heterocycles. The highest BCUT2D eigenvalue weighted by atomic mass is 79.9. The molecule has 5 N–H and O–H groups in total. The van der Waals surface area contributed by atoms with Crippen molar-refractivity contribution in [3.63, 3.8) is 0 Å². The van der Waals surface area contributed by atoms with Crippen molar-refractivity contribution in [1.82, 2.24) is 0 Å². The van der Waals surface area contributed by atoms with E-state index in [0.717, 1.165) is 10.0 Å². The molecule has 5 aromatic carbocycles. The molecular formula is C33H32BrN3. The molecule has 0 aromatic heterocycles. The van der Waals surface area contributed by atoms with Crippen LogP contribution in [0.3, 0.4) is 0 Å². The predicted molar refractivity (Wildman–Crippen MR) is 162 cm³/mol. The lowest BCUT2D eigenvalue weighted by molar-refractivity contribution is 1.07. The lowest BCUT2D eigenvalue weighted by Gasteiger charge is -2.08. The van der Waals surface area contributed by atoms with Gasteiger partial charge in [0.25, 0.3) is 0 Å². The van der Waals surface area contributed by atoms with E-state index in [0.29, 0.717) is 6.54 Å². The first kappa shape index (κ1) is 27.6. The summed E-state index contributed by atoms with van der Waals surface area (Å²) in [6, 6.07) is 44.8. The lowest BCUT2D eigenvalue weighted by Crippen LogP contribution is -2.10. The number of benzene rings is 5. The zero-order valence-electron chi connectivity index (χ0n) is 20.9. The van der Waals surface area contributed by atoms with Crippen LogP contribution < -0.4 is 11.5 Å². The Bertz CT molecular complexity index is 1400. The molecule has 37 heavy (non-hydrogen) atoms. The van der Waals surface area contributed by atoms with Crippen LogP contribution in [0, 0.1) is 12.3 Å². The highest BCUT2D eigenvalue weighted by Crippen LogP contribution is 2.31. The SMILES string of the molecule is Cc1cccc(-c2cccc(-c3ccccc3Br)c2)c1.N=C(N)c1ccccc1.NCc1ccccc1. The third-order valence-corrected chi connectivity index (χ3v) is 6.25. The summed E-state index contributed by atoms with van der Waals surface area (Å²) >= 11 is 3.63. The molecule has 0 radical (unpaired) electrons. The third-order valence-electron chi connectivity index (χ3n) is 5.56. The van der Waals surface area contributed by atoms with Crippen molar-refractivity contribution in [2.24, 2.45) is 11.5 Å². The maximum Gasteiger partial charge on any atom is 0.122 e. The summed E-state index contributed by atoms with van der Waals surface area (Å²) in [4.78, 5) is 0. The number of nitrogens with one attached hydrogen (secondary N) is 1. The van der Waals surface area contributed by atoms with E-state index in [1.54, 1.807) is 0 Å². The number of aryl methyl sites for hydroxylation is 1. The minimum absolute atomic E-state index is 0.121. The van der Waals surface area contributed by atoms with Gasteiger partial charge in [0.05, 0.1) is 0 Å². The van der Waals surface area contributed by atoms with Crippen molar-refractivity contribution in [2.75, 3.05) is 0 Å². The summed E-state index contributed by atoms with van der Waals surface area (Å²) in [6.07, 6.45) is 0. The Morgan fingerprint density at radius 1 is 0.649 bits per heavy atom. The Morgan fingerprint density at radius 3 is 1.73 bits per heavy atom. The smallest absolute Gasteiger partial charge is 0.122 e. The second kappa shape index (κ2) is 14.5. The van der Waals surface area contributed by atoms with Crippen LogP contribution in [-0.4, -0.2) is 5.84 Å². The molecule has 5 aromatic rings. The van der Waals surface area contributed by atoms with Gasteiger partial charge in [-0.25, -0.2) is 0 Å². The lowest BCUT2D eigenvalue weighted by atomic mass is 9.98. The molecule has 186 valence electrons. The Kier molecular flexibility index (Phi) is 10.8. The molecule has 0 aliphatic rings. The average molecular weight is 551 g/mol. The van der Waals surface area contributed by atoms with Crippen molar-refractivity contribution in [1.29, 1.82) is 5.41 Å². The molecule has 3 nitrogen and oxygen atoms in total. The van der Waals surface area contributed by atoms with E-state index in [4.69, 9.17) is 16.9 Å². The molecule has 0 aliphatic carbocycles. The Hall–Kier alpha value is -3.99. The number of nitrogens with two attached hydrogens (primary N) is 2. The number of hydrogen-bond acceptors (Lipinski definition) is 2. The summed E-state index contributed by atoms with van der Waals surface area (Å²) < 4.78 is 1.13. The molecule has 0 amide bonds. The number of nitrogen functional groups attached to an aromatic ring is 1. The van der Waals surface area contributed by atoms with E-state index in [1.165, 1.54) is 33.4 Å². The van der Waals surface area contributed by atoms with Crippen LogP contribution >= 0.6 is 15.9 Å². The third kappa shape index (κ3) is 8.87. The molecule has 0 bridgehead atoms. The van der Waals surface area contributed by atoms with Crippen molar-refractivity contribution < 1.29 is 0 Å². The van der Waals surface area contributed by atoms with E-state index in [-0.39, 0.29) is 5.84 Å². The Labute approximate surface area is 228 Å². The highest BCUT2D eigenvalue weighted by molar-refractivity contribution is 9.10. The second-order valence-corrected chi connectivity index (χ2v) is 9.25. The number of halogens is 1. The Balaban J connectivity index is 0.000000184. The van der Waals surface area contributed by atoms with Crippen LogP contribution in [0.2, 0.25) is 0 Å². The molecule has 5 rings (SSSR count). The van der Waals surface area contributed by atoms with Gasteiger partial charge < -0.3 is 11.5 Å². The van der Waals surface area contributed by atoms with Crippen molar-refractivity contribution >= 4 is 21.8 Å². The van der Waals surface area contributed by atoms with Crippen molar-refractivity contribution in [2.45, 2.75) is 13.5 Å². The van der Waals surface area contributed by atoms with Gasteiger partial charge in [-0.3, -0.25) is 5.41 Å². The number of rotatable bonds is 4. The standard InChI is InChI=1S/C19H15Br.C7H8N2.C7H9N/c1-14-6-4-7-15(12-14)16-8-5-9-17(13-16)18-10-2-3-11-19(18)20;8-7(9)6-4-2-1-3-5-6;8-6-7-4-2-1-3-5-7/h2-13H,1H3;1-5H,(H3,8,9);1-5H,6,8H2. The first-order valence-corrected chi connectivity index (χ1v) is 12.8. The molecular weight excluding hydrogens is 518 g/mol. The fraction of sp³-hybridized carbons (Fsp3) is 0.0606. The number of hydrogen-bond donors (Lipinski definition) is 3. The minimum atomic E-state index is 0.121. The normalized spacial score (nSPS) is 9.81. The zero-order chi connectivity index (χ0) is 26.5. The van der Waals surface area contributed by atoms with Gasteiger partial charge in [0.2, 0.25) is 0 Å². The summed E-state index contributed by atoms with van der Waals surface area (Å²) in [5.41, 5.74) is 18.8. The maximum atomic E-state index is 7.01. The van der Waals surface area contributed by atoms with Gasteiger partial charge in [0, 0.05) is 16.6 Å². The Morgan fingerprint density at radius 2 is 1.19 bits per heavy atom. The van der Waals surface area contributed by atoms with Crippen LogP contribution in [-0.2, 0) is 6.54 Å². The van der Waals surface area contributed by atoms with Gasteiger partial charge in [0.1, 0.15) is 5.84 Å². The molecule has 0 saturated heterocycles. The van der Waals surface area contributed by atoms with Gasteiger partial charge in [-0.1, -0.05) is 143 Å². The fourth-order valence-corrected chi connectivity index (χ4v) is 4.13. The van der Waals surface area contributed by atoms with Gasteiger partial charge in [-0.2, -0.15) is 0 Å². The van der Waals surface area contributed by atoms with Crippen LogP contribution in [0.25, 0.3) is 22.3 Å².